The fourth-order valence-corrected chi connectivity index (χ4v) is 5.29. The molecule has 0 aliphatic heterocycles. The second kappa shape index (κ2) is 25.6. The number of unbranched alkanes of at least 4 members (excludes halogenated alkanes) is 14. The van der Waals surface area contributed by atoms with Gasteiger partial charge in [-0.25, -0.2) is 0 Å². The molecule has 0 radical (unpaired) electrons. The first-order valence-corrected chi connectivity index (χ1v) is 15.6. The lowest BCUT2D eigenvalue weighted by Gasteiger charge is -2.12. The van der Waals surface area contributed by atoms with E-state index in [4.69, 9.17) is 0 Å². The molecule has 0 fully saturated rings. The lowest BCUT2D eigenvalue weighted by Crippen LogP contribution is -1.96. The van der Waals surface area contributed by atoms with E-state index in [9.17, 15) is 0 Å². The van der Waals surface area contributed by atoms with Crippen molar-refractivity contribution in [3.8, 4) is 0 Å². The molecule has 0 aromatic rings. The van der Waals surface area contributed by atoms with Crippen LogP contribution in [0.25, 0.3) is 0 Å². The third-order valence-electron chi connectivity index (χ3n) is 7.89. The molecule has 0 saturated carbocycles. The molecule has 32 heavy (non-hydrogen) atoms. The van der Waals surface area contributed by atoms with Gasteiger partial charge in [0.25, 0.3) is 0 Å². The third kappa shape index (κ3) is 24.6. The van der Waals surface area contributed by atoms with E-state index in [0.29, 0.717) is 0 Å². The van der Waals surface area contributed by atoms with Crippen LogP contribution >= 0.6 is 0 Å². The molecule has 0 aromatic carbocycles. The van der Waals surface area contributed by atoms with Gasteiger partial charge in [-0.15, -0.1) is 0 Å². The van der Waals surface area contributed by atoms with Crippen molar-refractivity contribution >= 4 is 0 Å². The Hall–Kier alpha value is 0. The molecule has 0 saturated heterocycles. The molecule has 0 heteroatoms. The smallest absolute Gasteiger partial charge is 0.0443 e. The minimum atomic E-state index is 0.961. The maximum absolute atomic E-state index is 2.50. The Bertz CT molecular complexity index is 333. The van der Waals surface area contributed by atoms with Crippen molar-refractivity contribution in [3.05, 3.63) is 0 Å². The van der Waals surface area contributed by atoms with Crippen molar-refractivity contribution in [1.82, 2.24) is 0 Å². The van der Waals surface area contributed by atoms with Gasteiger partial charge in [0.2, 0.25) is 0 Å². The molecule has 0 rings (SSSR count). The van der Waals surface area contributed by atoms with Crippen LogP contribution in [-0.2, 0) is 0 Å². The molecule has 0 amide bonds. The molecule has 0 N–H and O–H groups in total. The van der Waals surface area contributed by atoms with Gasteiger partial charge in [0.05, 0.1) is 0 Å². The first kappa shape index (κ1) is 32.0. The van der Waals surface area contributed by atoms with Crippen LogP contribution in [0.1, 0.15) is 189 Å². The number of rotatable bonds is 26. The topological polar surface area (TPSA) is 0 Å². The summed E-state index contributed by atoms with van der Waals surface area (Å²) in [6.45, 7) is 12.1. The van der Waals surface area contributed by atoms with Crippen LogP contribution in [0.4, 0.5) is 0 Å². The van der Waals surface area contributed by atoms with Gasteiger partial charge >= 0.3 is 0 Å². The normalized spacial score (nSPS) is 14.5. The van der Waals surface area contributed by atoms with Gasteiger partial charge in [0.1, 0.15) is 0 Å². The Balaban J connectivity index is 3.28. The second-order valence-corrected chi connectivity index (χ2v) is 11.7. The predicted molar refractivity (Wildman–Crippen MR) is 150 cm³/mol. The van der Waals surface area contributed by atoms with Gasteiger partial charge in [-0.05, 0) is 17.8 Å². The van der Waals surface area contributed by atoms with Crippen LogP contribution in [0, 0.1) is 17.8 Å². The monoisotopic (exact) mass is 451 g/mol. The highest BCUT2D eigenvalue weighted by atomic mass is 14.1. The molecule has 0 aromatic heterocycles. The van der Waals surface area contributed by atoms with Gasteiger partial charge in [-0.2, -0.15) is 0 Å². The molecule has 0 aliphatic rings. The average molecular weight is 451 g/mol. The van der Waals surface area contributed by atoms with E-state index in [1.54, 1.807) is 0 Å². The standard InChI is InChI=1S/C32H66/c1-6-8-10-19-25-31(4)28-22-17-14-18-23-29-32(5)27-21-16-13-11-12-15-20-26-30(3)24-9-7-2/h30-32H,6-29H2,1-5H3. The van der Waals surface area contributed by atoms with E-state index >= 15 is 0 Å². The first-order valence-electron chi connectivity index (χ1n) is 15.6. The Morgan fingerprint density at radius 1 is 0.281 bits per heavy atom. The summed E-state index contributed by atoms with van der Waals surface area (Å²) in [5, 5.41) is 0. The van der Waals surface area contributed by atoms with Crippen molar-refractivity contribution in [2.75, 3.05) is 0 Å². The molecule has 0 spiro atoms. The quantitative estimate of drug-likeness (QED) is 0.115. The molecule has 0 heterocycles. The fraction of sp³-hybridized carbons (Fsp3) is 1.00. The third-order valence-corrected chi connectivity index (χ3v) is 7.89. The van der Waals surface area contributed by atoms with E-state index < -0.39 is 0 Å². The highest BCUT2D eigenvalue weighted by molar-refractivity contribution is 4.58. The summed E-state index contributed by atoms with van der Waals surface area (Å²) in [6.07, 6.45) is 35.1. The van der Waals surface area contributed by atoms with Crippen molar-refractivity contribution in [3.63, 3.8) is 0 Å². The Kier molecular flexibility index (Phi) is 25.6. The summed E-state index contributed by atoms with van der Waals surface area (Å²) >= 11 is 0. The van der Waals surface area contributed by atoms with Crippen molar-refractivity contribution in [2.45, 2.75) is 189 Å². The molecule has 194 valence electrons. The zero-order chi connectivity index (χ0) is 23.7. The van der Waals surface area contributed by atoms with E-state index in [2.05, 4.69) is 34.6 Å². The lowest BCUT2D eigenvalue weighted by molar-refractivity contribution is 0.416. The van der Waals surface area contributed by atoms with Crippen LogP contribution in [-0.4, -0.2) is 0 Å². The van der Waals surface area contributed by atoms with Crippen molar-refractivity contribution in [1.29, 1.82) is 0 Å². The van der Waals surface area contributed by atoms with E-state index in [1.807, 2.05) is 0 Å². The van der Waals surface area contributed by atoms with Gasteiger partial charge in [-0.1, -0.05) is 189 Å². The van der Waals surface area contributed by atoms with Crippen LogP contribution < -0.4 is 0 Å². The molecular formula is C32H66. The fourth-order valence-electron chi connectivity index (χ4n) is 5.29. The Labute approximate surface area is 206 Å². The molecule has 0 bridgehead atoms. The summed E-state index contributed by atoms with van der Waals surface area (Å²) in [7, 11) is 0. The molecule has 0 nitrogen and oxygen atoms in total. The molecular weight excluding hydrogens is 384 g/mol. The van der Waals surface area contributed by atoms with Crippen LogP contribution in [0.5, 0.6) is 0 Å². The molecule has 3 atom stereocenters. The summed E-state index contributed by atoms with van der Waals surface area (Å²) in [5.74, 6) is 2.89. The van der Waals surface area contributed by atoms with Crippen molar-refractivity contribution < 1.29 is 0 Å². The maximum Gasteiger partial charge on any atom is -0.0443 e. The van der Waals surface area contributed by atoms with Gasteiger partial charge in [0, 0.05) is 0 Å². The SMILES string of the molecule is CCCCCCC(C)CCCCCCCC(C)CCCCCCCCCC(C)CCCC. The van der Waals surface area contributed by atoms with Crippen LogP contribution in [0.3, 0.4) is 0 Å². The van der Waals surface area contributed by atoms with E-state index in [0.717, 1.165) is 17.8 Å². The summed E-state index contributed by atoms with van der Waals surface area (Å²) in [6, 6.07) is 0. The highest BCUT2D eigenvalue weighted by Crippen LogP contribution is 2.21. The van der Waals surface area contributed by atoms with Gasteiger partial charge in [-0.3, -0.25) is 0 Å². The second-order valence-electron chi connectivity index (χ2n) is 11.7. The minimum Gasteiger partial charge on any atom is -0.0654 e. The molecule has 3 unspecified atom stereocenters. The highest BCUT2D eigenvalue weighted by Gasteiger charge is 2.04. The minimum absolute atomic E-state index is 0.961. The average Bonchev–Trinajstić information content (AvgIpc) is 2.78. The first-order chi connectivity index (χ1) is 15.6. The van der Waals surface area contributed by atoms with E-state index in [1.165, 1.54) is 154 Å². The Morgan fingerprint density at radius 3 is 0.781 bits per heavy atom. The largest absolute Gasteiger partial charge is 0.0654 e. The molecule has 0 aliphatic carbocycles. The lowest BCUT2D eigenvalue weighted by atomic mass is 9.94. The Morgan fingerprint density at radius 2 is 0.500 bits per heavy atom. The van der Waals surface area contributed by atoms with Gasteiger partial charge < -0.3 is 0 Å². The van der Waals surface area contributed by atoms with Gasteiger partial charge in [0.15, 0.2) is 0 Å². The number of hydrogen-bond donors (Lipinski definition) is 0. The van der Waals surface area contributed by atoms with Crippen molar-refractivity contribution in [2.24, 2.45) is 17.8 Å². The zero-order valence-corrected chi connectivity index (χ0v) is 23.7. The van der Waals surface area contributed by atoms with Crippen LogP contribution in [0.15, 0.2) is 0 Å². The summed E-state index contributed by atoms with van der Waals surface area (Å²) in [5.41, 5.74) is 0. The zero-order valence-electron chi connectivity index (χ0n) is 23.7. The summed E-state index contributed by atoms with van der Waals surface area (Å²) < 4.78 is 0. The maximum atomic E-state index is 2.50. The predicted octanol–water partition coefficient (Wildman–Crippen LogP) is 12.3. The number of hydrogen-bond acceptors (Lipinski definition) is 0. The van der Waals surface area contributed by atoms with E-state index in [-0.39, 0.29) is 0 Å². The van der Waals surface area contributed by atoms with Crippen LogP contribution in [0.2, 0.25) is 0 Å². The summed E-state index contributed by atoms with van der Waals surface area (Å²) in [4.78, 5) is 0.